The molecule has 1 N–H and O–H groups in total. The lowest BCUT2D eigenvalue weighted by Crippen LogP contribution is -2.37. The van der Waals surface area contributed by atoms with Gasteiger partial charge in [-0.2, -0.15) is 0 Å². The van der Waals surface area contributed by atoms with Gasteiger partial charge in [-0.05, 0) is 101 Å². The molecule has 0 radical (unpaired) electrons. The smallest absolute Gasteiger partial charge is 0.261 e. The lowest BCUT2D eigenvalue weighted by molar-refractivity contribution is 0.0976. The number of nitrogens with zero attached hydrogens (tertiary/aromatic N) is 3. The molecule has 0 saturated carbocycles. The van der Waals surface area contributed by atoms with Crippen LogP contribution in [0.5, 0.6) is 23.0 Å². The number of nitrogens with one attached hydrogen (secondary N) is 1. The molecule has 3 heterocycles. The van der Waals surface area contributed by atoms with Gasteiger partial charge in [-0.3, -0.25) is 19.5 Å². The Morgan fingerprint density at radius 3 is 2.13 bits per heavy atom. The van der Waals surface area contributed by atoms with E-state index >= 15 is 0 Å². The Labute approximate surface area is 327 Å². The molecule has 0 saturated heterocycles. The number of ether oxygens (including phenoxy) is 4. The molecule has 3 aliphatic rings. The Morgan fingerprint density at radius 2 is 1.44 bits per heavy atom. The minimum atomic E-state index is -0.146. The molecule has 2 amide bonds. The van der Waals surface area contributed by atoms with Crippen molar-refractivity contribution in [2.24, 2.45) is 4.99 Å². The maximum absolute atomic E-state index is 14.0. The van der Waals surface area contributed by atoms with E-state index in [9.17, 15) is 9.59 Å². The monoisotopic (exact) mass is 834 g/mol. The topological polar surface area (TPSA) is 102 Å². The third kappa shape index (κ3) is 6.50. The number of aliphatic imine (C=N–C) groups is 1. The van der Waals surface area contributed by atoms with Gasteiger partial charge < -0.3 is 29.2 Å². The molecule has 0 aromatic heterocycles. The number of halogens is 1. The highest BCUT2D eigenvalue weighted by Crippen LogP contribution is 2.42. The number of benzene rings is 5. The van der Waals surface area contributed by atoms with Gasteiger partial charge in [0.1, 0.15) is 13.2 Å². The summed E-state index contributed by atoms with van der Waals surface area (Å²) in [4.78, 5) is 36.2. The van der Waals surface area contributed by atoms with Gasteiger partial charge >= 0.3 is 0 Å². The Hall–Kier alpha value is -5.56. The minimum Gasteiger partial charge on any atom is -0.493 e. The molecule has 0 fully saturated rings. The average molecular weight is 835 g/mol. The van der Waals surface area contributed by atoms with Crippen molar-refractivity contribution in [3.05, 3.63) is 128 Å². The van der Waals surface area contributed by atoms with Crippen LogP contribution in [-0.2, 0) is 26.1 Å². The van der Waals surface area contributed by atoms with Crippen molar-refractivity contribution in [1.29, 1.82) is 0 Å². The number of carbonyl (C=O) groups excluding carboxylic acids is 2. The number of methoxy groups -OCH3 is 2. The van der Waals surface area contributed by atoms with Gasteiger partial charge in [0.25, 0.3) is 11.8 Å². The van der Waals surface area contributed by atoms with Crippen molar-refractivity contribution in [3.8, 4) is 23.0 Å². The average Bonchev–Trinajstić information content (AvgIpc) is 3.69. The SMILES string of the molecule is CNc1cc(OCc2cc(I)cc(COc3cc4c(cc3OC)C(=O)N3c5ccccc5C[C@H]3C=N4)c2)c(OC)cc1C(=O)N1c2ccccc2C[C@H]1C. The molecule has 5 aromatic carbocycles. The standard InChI is InChI=1S/C43H39IN4O6/c1-25-13-28-9-5-7-11-36(28)47(25)42(49)32-18-38(51-3)40(20-34(32)45-2)53-23-26-14-27(16-30(44)15-26)24-54-41-21-35-33(19-39(41)52-4)43(50)48-31(22-46-35)17-29-10-6-8-12-37(29)48/h5-12,14-16,18-22,25,31,45H,13,17,23-24H2,1-4H3/t25-,31+/m1/s1. The van der Waals surface area contributed by atoms with Crippen LogP contribution in [0.1, 0.15) is 49.9 Å². The lowest BCUT2D eigenvalue weighted by atomic mass is 10.1. The van der Waals surface area contributed by atoms with E-state index in [2.05, 4.69) is 47.0 Å². The van der Waals surface area contributed by atoms with E-state index in [1.165, 1.54) is 0 Å². The normalized spacial score (nSPS) is 16.6. The van der Waals surface area contributed by atoms with Crippen molar-refractivity contribution in [1.82, 2.24) is 0 Å². The highest BCUT2D eigenvalue weighted by Gasteiger charge is 2.37. The number of para-hydroxylation sites is 2. The number of amides is 2. The zero-order valence-electron chi connectivity index (χ0n) is 30.4. The number of anilines is 3. The third-order valence-electron chi connectivity index (χ3n) is 10.2. The fourth-order valence-electron chi connectivity index (χ4n) is 7.62. The molecule has 54 heavy (non-hydrogen) atoms. The molecule has 0 spiro atoms. The Balaban J connectivity index is 0.988. The first kappa shape index (κ1) is 35.5. The lowest BCUT2D eigenvalue weighted by Gasteiger charge is -2.25. The summed E-state index contributed by atoms with van der Waals surface area (Å²) in [6, 6.07) is 29.1. The van der Waals surface area contributed by atoms with Crippen molar-refractivity contribution in [2.45, 2.75) is 45.1 Å². The number of hydrogen-bond acceptors (Lipinski definition) is 8. The highest BCUT2D eigenvalue weighted by atomic mass is 127. The number of carbonyl (C=O) groups is 2. The van der Waals surface area contributed by atoms with Crippen LogP contribution in [0.3, 0.4) is 0 Å². The molecule has 10 nitrogen and oxygen atoms in total. The first-order valence-electron chi connectivity index (χ1n) is 17.8. The van der Waals surface area contributed by atoms with Crippen LogP contribution in [0, 0.1) is 3.57 Å². The zero-order valence-corrected chi connectivity index (χ0v) is 32.5. The van der Waals surface area contributed by atoms with Crippen molar-refractivity contribution < 1.29 is 28.5 Å². The first-order valence-corrected chi connectivity index (χ1v) is 18.9. The van der Waals surface area contributed by atoms with E-state index in [1.807, 2.05) is 76.7 Å². The van der Waals surface area contributed by atoms with Crippen LogP contribution < -0.4 is 34.1 Å². The van der Waals surface area contributed by atoms with Crippen LogP contribution in [0.25, 0.3) is 0 Å². The van der Waals surface area contributed by atoms with E-state index in [1.54, 1.807) is 39.5 Å². The molecule has 8 rings (SSSR count). The number of rotatable bonds is 10. The maximum Gasteiger partial charge on any atom is 0.261 e. The van der Waals surface area contributed by atoms with E-state index in [0.29, 0.717) is 45.5 Å². The quantitative estimate of drug-likeness (QED) is 0.141. The van der Waals surface area contributed by atoms with E-state index < -0.39 is 0 Å². The van der Waals surface area contributed by atoms with Crippen LogP contribution in [0.4, 0.5) is 22.7 Å². The fraction of sp³-hybridized carbons (Fsp3) is 0.233. The molecule has 0 bridgehead atoms. The summed E-state index contributed by atoms with van der Waals surface area (Å²) in [6.07, 6.45) is 3.38. The molecular weight excluding hydrogens is 795 g/mol. The van der Waals surface area contributed by atoms with Gasteiger partial charge in [-0.25, -0.2) is 0 Å². The third-order valence-corrected chi connectivity index (χ3v) is 10.8. The molecule has 0 aliphatic carbocycles. The summed E-state index contributed by atoms with van der Waals surface area (Å²) in [7, 11) is 4.93. The van der Waals surface area contributed by atoms with Crippen molar-refractivity contribution >= 4 is 63.4 Å². The van der Waals surface area contributed by atoms with Crippen LogP contribution in [0.2, 0.25) is 0 Å². The largest absolute Gasteiger partial charge is 0.493 e. The molecule has 0 unspecified atom stereocenters. The molecule has 3 aliphatic heterocycles. The molecule has 274 valence electrons. The van der Waals surface area contributed by atoms with Crippen LogP contribution in [0.15, 0.2) is 96.0 Å². The summed E-state index contributed by atoms with van der Waals surface area (Å²) >= 11 is 2.28. The Bertz CT molecular complexity index is 2330. The first-order chi connectivity index (χ1) is 26.3. The molecule has 2 atom stereocenters. The number of hydrogen-bond donors (Lipinski definition) is 1. The molecular formula is C43H39IN4O6. The van der Waals surface area contributed by atoms with E-state index in [-0.39, 0.29) is 37.1 Å². The molecule has 5 aromatic rings. The summed E-state index contributed by atoms with van der Waals surface area (Å²) in [5.74, 6) is 1.71. The molecule has 11 heteroatoms. The maximum atomic E-state index is 14.0. The Kier molecular flexibility index (Phi) is 9.65. The Morgan fingerprint density at radius 1 is 0.815 bits per heavy atom. The predicted molar refractivity (Wildman–Crippen MR) is 219 cm³/mol. The van der Waals surface area contributed by atoms with Crippen molar-refractivity contribution in [3.63, 3.8) is 0 Å². The zero-order chi connectivity index (χ0) is 37.5. The van der Waals surface area contributed by atoms with Gasteiger partial charge in [-0.1, -0.05) is 36.4 Å². The van der Waals surface area contributed by atoms with Gasteiger partial charge in [0.2, 0.25) is 0 Å². The summed E-state index contributed by atoms with van der Waals surface area (Å²) in [5.41, 5.74) is 8.17. The van der Waals surface area contributed by atoms with Gasteiger partial charge in [0, 0.05) is 52.8 Å². The second kappa shape index (κ2) is 14.7. The summed E-state index contributed by atoms with van der Waals surface area (Å²) < 4.78 is 25.1. The second-order valence-electron chi connectivity index (χ2n) is 13.6. The number of fused-ring (bicyclic) bond motifs is 5. The van der Waals surface area contributed by atoms with Gasteiger partial charge in [-0.15, -0.1) is 0 Å². The fourth-order valence-corrected chi connectivity index (χ4v) is 8.42. The van der Waals surface area contributed by atoms with Gasteiger partial charge in [0.05, 0.1) is 42.8 Å². The second-order valence-corrected chi connectivity index (χ2v) is 14.8. The summed E-state index contributed by atoms with van der Waals surface area (Å²) in [6.45, 7) is 2.57. The van der Waals surface area contributed by atoms with Gasteiger partial charge in [0.15, 0.2) is 23.0 Å². The van der Waals surface area contributed by atoms with E-state index in [4.69, 9.17) is 23.9 Å². The van der Waals surface area contributed by atoms with Crippen LogP contribution >= 0.6 is 22.6 Å². The van der Waals surface area contributed by atoms with Crippen molar-refractivity contribution in [2.75, 3.05) is 36.4 Å². The summed E-state index contributed by atoms with van der Waals surface area (Å²) in [5, 5.41) is 3.19. The van der Waals surface area contributed by atoms with Crippen LogP contribution in [-0.4, -0.2) is 51.4 Å². The predicted octanol–water partition coefficient (Wildman–Crippen LogP) is 8.39. The highest BCUT2D eigenvalue weighted by molar-refractivity contribution is 14.1. The van der Waals surface area contributed by atoms with E-state index in [0.717, 1.165) is 50.0 Å². The minimum absolute atomic E-state index is 0.0347.